The molecule has 0 saturated heterocycles. The number of aliphatic hydroxyl groups excluding tert-OH is 1. The molecule has 2 aromatic rings. The average molecular weight is 216 g/mol. The molecule has 0 fully saturated rings. The summed E-state index contributed by atoms with van der Waals surface area (Å²) in [6.45, 7) is 0.626. The summed E-state index contributed by atoms with van der Waals surface area (Å²) in [5.41, 5.74) is 0.966. The Bertz CT molecular complexity index is 477. The molecule has 1 N–H and O–H groups in total. The van der Waals surface area contributed by atoms with Gasteiger partial charge in [-0.15, -0.1) is 0 Å². The van der Waals surface area contributed by atoms with Gasteiger partial charge in [0.05, 0.1) is 6.10 Å². The molecule has 0 aliphatic carbocycles. The molecule has 1 heterocycles. The van der Waals surface area contributed by atoms with Gasteiger partial charge in [-0.1, -0.05) is 18.2 Å². The van der Waals surface area contributed by atoms with Crippen LogP contribution in [0, 0.1) is 0 Å². The average Bonchev–Trinajstić information content (AvgIpc) is 2.27. The van der Waals surface area contributed by atoms with Crippen LogP contribution in [0.2, 0.25) is 0 Å². The molecule has 0 saturated carbocycles. The molecular formula is C13H16N2O. The van der Waals surface area contributed by atoms with Crippen molar-refractivity contribution in [3.63, 3.8) is 0 Å². The van der Waals surface area contributed by atoms with E-state index in [0.29, 0.717) is 6.54 Å². The van der Waals surface area contributed by atoms with Gasteiger partial charge in [0.15, 0.2) is 0 Å². The van der Waals surface area contributed by atoms with Gasteiger partial charge < -0.3 is 10.0 Å². The van der Waals surface area contributed by atoms with Gasteiger partial charge in [0.2, 0.25) is 0 Å². The molecule has 0 bridgehead atoms. The second-order valence-electron chi connectivity index (χ2n) is 4.22. The van der Waals surface area contributed by atoms with Crippen molar-refractivity contribution in [2.24, 2.45) is 0 Å². The van der Waals surface area contributed by atoms with E-state index in [1.807, 2.05) is 49.5 Å². The lowest BCUT2D eigenvalue weighted by Crippen LogP contribution is -2.20. The Balaban J connectivity index is 2.44. The zero-order valence-electron chi connectivity index (χ0n) is 9.59. The van der Waals surface area contributed by atoms with Crippen LogP contribution in [0.1, 0.15) is 11.7 Å². The van der Waals surface area contributed by atoms with Crippen LogP contribution in [0.5, 0.6) is 0 Å². The minimum atomic E-state index is -0.457. The number of hydrogen-bond acceptors (Lipinski definition) is 3. The van der Waals surface area contributed by atoms with Crippen LogP contribution < -0.4 is 0 Å². The summed E-state index contributed by atoms with van der Waals surface area (Å²) in [7, 11) is 3.91. The first-order valence-electron chi connectivity index (χ1n) is 5.34. The van der Waals surface area contributed by atoms with Gasteiger partial charge in [-0.2, -0.15) is 0 Å². The number of benzene rings is 1. The molecule has 3 nitrogen and oxygen atoms in total. The summed E-state index contributed by atoms with van der Waals surface area (Å²) in [5.74, 6) is 0. The Morgan fingerprint density at radius 1 is 1.31 bits per heavy atom. The molecule has 1 aromatic heterocycles. The van der Waals surface area contributed by atoms with E-state index in [2.05, 4.69) is 4.98 Å². The normalized spacial score (nSPS) is 13.2. The first-order chi connectivity index (χ1) is 7.68. The van der Waals surface area contributed by atoms with E-state index in [9.17, 15) is 5.11 Å². The minimum Gasteiger partial charge on any atom is -0.387 e. The lowest BCUT2D eigenvalue weighted by atomic mass is 10.0. The SMILES string of the molecule is CN(C)CC(O)c1cccc2cnccc12. The second kappa shape index (κ2) is 4.60. The molecular weight excluding hydrogens is 200 g/mol. The predicted octanol–water partition coefficient (Wildman–Crippen LogP) is 1.83. The Morgan fingerprint density at radius 3 is 2.88 bits per heavy atom. The van der Waals surface area contributed by atoms with E-state index in [0.717, 1.165) is 16.3 Å². The van der Waals surface area contributed by atoms with Crippen molar-refractivity contribution in [3.8, 4) is 0 Å². The molecule has 1 atom stereocenters. The Morgan fingerprint density at radius 2 is 2.12 bits per heavy atom. The van der Waals surface area contributed by atoms with Gasteiger partial charge in [0, 0.05) is 24.3 Å². The highest BCUT2D eigenvalue weighted by molar-refractivity contribution is 5.85. The van der Waals surface area contributed by atoms with Crippen molar-refractivity contribution < 1.29 is 5.11 Å². The molecule has 3 heteroatoms. The molecule has 1 aromatic carbocycles. The number of likely N-dealkylation sites (N-methyl/N-ethyl adjacent to an activating group) is 1. The van der Waals surface area contributed by atoms with Crippen LogP contribution in [0.4, 0.5) is 0 Å². The number of hydrogen-bond donors (Lipinski definition) is 1. The fraction of sp³-hybridized carbons (Fsp3) is 0.308. The number of aliphatic hydroxyl groups is 1. The van der Waals surface area contributed by atoms with Crippen LogP contribution in [-0.2, 0) is 0 Å². The zero-order valence-corrected chi connectivity index (χ0v) is 9.59. The first-order valence-corrected chi connectivity index (χ1v) is 5.34. The summed E-state index contributed by atoms with van der Waals surface area (Å²) in [6, 6.07) is 7.88. The Kier molecular flexibility index (Phi) is 3.17. The minimum absolute atomic E-state index is 0.457. The summed E-state index contributed by atoms with van der Waals surface area (Å²) < 4.78 is 0. The zero-order chi connectivity index (χ0) is 11.5. The van der Waals surface area contributed by atoms with E-state index in [1.165, 1.54) is 0 Å². The van der Waals surface area contributed by atoms with E-state index in [4.69, 9.17) is 0 Å². The smallest absolute Gasteiger partial charge is 0.0922 e. The molecule has 0 aliphatic heterocycles. The van der Waals surface area contributed by atoms with Crippen molar-refractivity contribution >= 4 is 10.8 Å². The van der Waals surface area contributed by atoms with E-state index in [-0.39, 0.29) is 0 Å². The van der Waals surface area contributed by atoms with Crippen LogP contribution in [0.15, 0.2) is 36.7 Å². The fourth-order valence-corrected chi connectivity index (χ4v) is 1.88. The first kappa shape index (κ1) is 11.0. The van der Waals surface area contributed by atoms with Gasteiger partial charge in [0.25, 0.3) is 0 Å². The predicted molar refractivity (Wildman–Crippen MR) is 65.3 cm³/mol. The quantitative estimate of drug-likeness (QED) is 0.850. The Labute approximate surface area is 95.3 Å². The highest BCUT2D eigenvalue weighted by Crippen LogP contribution is 2.23. The van der Waals surface area contributed by atoms with Crippen molar-refractivity contribution in [2.45, 2.75) is 6.10 Å². The van der Waals surface area contributed by atoms with Crippen molar-refractivity contribution in [2.75, 3.05) is 20.6 Å². The lowest BCUT2D eigenvalue weighted by molar-refractivity contribution is 0.140. The van der Waals surface area contributed by atoms with Crippen LogP contribution in [0.3, 0.4) is 0 Å². The number of nitrogens with zero attached hydrogens (tertiary/aromatic N) is 2. The maximum absolute atomic E-state index is 10.1. The van der Waals surface area contributed by atoms with Gasteiger partial charge in [0.1, 0.15) is 0 Å². The van der Waals surface area contributed by atoms with Crippen molar-refractivity contribution in [1.82, 2.24) is 9.88 Å². The number of pyridine rings is 1. The number of fused-ring (bicyclic) bond motifs is 1. The highest BCUT2D eigenvalue weighted by atomic mass is 16.3. The summed E-state index contributed by atoms with van der Waals surface area (Å²) in [4.78, 5) is 6.06. The fourth-order valence-electron chi connectivity index (χ4n) is 1.88. The van der Waals surface area contributed by atoms with Crippen LogP contribution in [0.25, 0.3) is 10.8 Å². The van der Waals surface area contributed by atoms with E-state index >= 15 is 0 Å². The summed E-state index contributed by atoms with van der Waals surface area (Å²) in [6.07, 6.45) is 3.12. The molecule has 16 heavy (non-hydrogen) atoms. The van der Waals surface area contributed by atoms with E-state index < -0.39 is 6.10 Å². The molecule has 0 radical (unpaired) electrons. The van der Waals surface area contributed by atoms with Gasteiger partial charge in [-0.25, -0.2) is 0 Å². The van der Waals surface area contributed by atoms with Crippen molar-refractivity contribution in [1.29, 1.82) is 0 Å². The van der Waals surface area contributed by atoms with Gasteiger partial charge >= 0.3 is 0 Å². The number of rotatable bonds is 3. The van der Waals surface area contributed by atoms with Gasteiger partial charge in [-0.05, 0) is 31.1 Å². The summed E-state index contributed by atoms with van der Waals surface area (Å²) in [5, 5.41) is 12.3. The molecule has 2 rings (SSSR count). The molecule has 0 amide bonds. The third kappa shape index (κ3) is 2.21. The topological polar surface area (TPSA) is 36.4 Å². The largest absolute Gasteiger partial charge is 0.387 e. The maximum Gasteiger partial charge on any atom is 0.0922 e. The van der Waals surface area contributed by atoms with Crippen LogP contribution in [-0.4, -0.2) is 35.6 Å². The van der Waals surface area contributed by atoms with Crippen molar-refractivity contribution in [3.05, 3.63) is 42.2 Å². The lowest BCUT2D eigenvalue weighted by Gasteiger charge is -2.17. The summed E-state index contributed by atoms with van der Waals surface area (Å²) >= 11 is 0. The third-order valence-corrected chi connectivity index (χ3v) is 2.61. The second-order valence-corrected chi connectivity index (χ2v) is 4.22. The molecule has 1 unspecified atom stereocenters. The maximum atomic E-state index is 10.1. The molecule has 0 aliphatic rings. The third-order valence-electron chi connectivity index (χ3n) is 2.61. The Hall–Kier alpha value is -1.45. The van der Waals surface area contributed by atoms with E-state index in [1.54, 1.807) is 6.20 Å². The monoisotopic (exact) mass is 216 g/mol. The highest BCUT2D eigenvalue weighted by Gasteiger charge is 2.11. The van der Waals surface area contributed by atoms with Crippen LogP contribution >= 0.6 is 0 Å². The molecule has 84 valence electrons. The standard InChI is InChI=1S/C13H16N2O/c1-15(2)9-13(16)12-5-3-4-10-8-14-7-6-11(10)12/h3-8,13,16H,9H2,1-2H3. The van der Waals surface area contributed by atoms with Gasteiger partial charge in [-0.3, -0.25) is 4.98 Å². The molecule has 0 spiro atoms. The number of aromatic nitrogens is 1.